The lowest BCUT2D eigenvalue weighted by atomic mass is 9.96. The van der Waals surface area contributed by atoms with Gasteiger partial charge in [-0.3, -0.25) is 4.90 Å². The van der Waals surface area contributed by atoms with Crippen LogP contribution in [0.25, 0.3) is 0 Å². The van der Waals surface area contributed by atoms with Gasteiger partial charge in [-0.05, 0) is 25.0 Å². The second kappa shape index (κ2) is 9.88. The maximum atomic E-state index is 13.1. The Balaban J connectivity index is 0.00000264. The average molecular weight is 406 g/mol. The van der Waals surface area contributed by atoms with Gasteiger partial charge >= 0.3 is 6.18 Å². The second-order valence-electron chi connectivity index (χ2n) is 5.67. The van der Waals surface area contributed by atoms with E-state index in [0.29, 0.717) is 12.0 Å². The fourth-order valence-corrected chi connectivity index (χ4v) is 3.14. The Morgan fingerprint density at radius 3 is 2.38 bits per heavy atom. The highest BCUT2D eigenvalue weighted by atomic mass is 35.5. The first-order chi connectivity index (χ1) is 10.3. The Bertz CT molecular complexity index is 544. The maximum Gasteiger partial charge on any atom is 0.417 e. The molecule has 1 aliphatic heterocycles. The zero-order valence-corrected chi connectivity index (χ0v) is 15.7. The van der Waals surface area contributed by atoms with E-state index < -0.39 is 11.7 Å². The van der Waals surface area contributed by atoms with Gasteiger partial charge in [0, 0.05) is 32.2 Å². The van der Waals surface area contributed by atoms with Gasteiger partial charge < -0.3 is 5.32 Å². The summed E-state index contributed by atoms with van der Waals surface area (Å²) < 4.78 is 39.2. The van der Waals surface area contributed by atoms with E-state index in [0.717, 1.165) is 37.8 Å². The molecule has 0 unspecified atom stereocenters. The van der Waals surface area contributed by atoms with Crippen molar-refractivity contribution in [2.75, 3.05) is 26.2 Å². The Kier molecular flexibility index (Phi) is 9.69. The number of halogens is 6. The van der Waals surface area contributed by atoms with Gasteiger partial charge in [-0.15, -0.1) is 31.4 Å². The van der Waals surface area contributed by atoms with Crippen LogP contribution in [-0.2, 0) is 6.18 Å². The van der Waals surface area contributed by atoms with Crippen LogP contribution >= 0.6 is 36.4 Å². The lowest BCUT2D eigenvalue weighted by molar-refractivity contribution is -0.137. The summed E-state index contributed by atoms with van der Waals surface area (Å²) in [5.41, 5.74) is 0.687. The molecule has 1 aliphatic rings. The van der Waals surface area contributed by atoms with E-state index in [1.54, 1.807) is 6.07 Å². The summed E-state index contributed by atoms with van der Waals surface area (Å²) in [6.45, 7) is 9.00. The van der Waals surface area contributed by atoms with E-state index in [1.807, 2.05) is 6.92 Å². The summed E-state index contributed by atoms with van der Waals surface area (Å²) in [6.07, 6.45) is -3.84. The molecule has 1 heterocycles. The number of hydrogen-bond donors (Lipinski definition) is 1. The molecule has 1 N–H and O–H groups in total. The molecule has 0 aliphatic carbocycles. The Morgan fingerprint density at radius 2 is 1.88 bits per heavy atom. The number of hydrogen-bond acceptors (Lipinski definition) is 2. The van der Waals surface area contributed by atoms with Crippen molar-refractivity contribution in [2.45, 2.75) is 25.6 Å². The average Bonchev–Trinajstić information content (AvgIpc) is 2.45. The normalized spacial score (nSPS) is 16.7. The number of rotatable bonds is 4. The molecule has 0 spiro atoms. The quantitative estimate of drug-likeness (QED) is 0.700. The van der Waals surface area contributed by atoms with Gasteiger partial charge in [0.1, 0.15) is 0 Å². The fraction of sp³-hybridized carbons (Fsp3) is 0.500. The van der Waals surface area contributed by atoms with E-state index in [4.69, 9.17) is 11.6 Å². The van der Waals surface area contributed by atoms with E-state index in [2.05, 4.69) is 16.8 Å². The molecule has 0 saturated carbocycles. The second-order valence-corrected chi connectivity index (χ2v) is 6.05. The van der Waals surface area contributed by atoms with Crippen molar-refractivity contribution in [3.8, 4) is 0 Å². The number of nitrogens with zero attached hydrogens (tertiary/aromatic N) is 1. The minimum atomic E-state index is -4.44. The van der Waals surface area contributed by atoms with Crippen LogP contribution in [0, 0.1) is 0 Å². The molecule has 24 heavy (non-hydrogen) atoms. The van der Waals surface area contributed by atoms with E-state index >= 15 is 0 Å². The third kappa shape index (κ3) is 5.81. The summed E-state index contributed by atoms with van der Waals surface area (Å²) in [5, 5.41) is 3.05. The molecule has 1 fully saturated rings. The van der Waals surface area contributed by atoms with Crippen molar-refractivity contribution in [3.63, 3.8) is 0 Å². The first-order valence-electron chi connectivity index (χ1n) is 7.25. The summed E-state index contributed by atoms with van der Waals surface area (Å²) in [6, 6.07) is 3.97. The standard InChI is InChI=1S/C16H20ClF3N2.2ClH/c1-11(2)10-14(22-8-6-21-7-9-22)12-4-3-5-13(15(12)17)16(18,19)20;;/h3-5,14,21H,1,6-10H2,2H3;2*1H/t14-;;/m1../s1. The van der Waals surface area contributed by atoms with Gasteiger partial charge in [-0.25, -0.2) is 0 Å². The van der Waals surface area contributed by atoms with Crippen molar-refractivity contribution >= 4 is 36.4 Å². The molecular weight excluding hydrogens is 384 g/mol. The van der Waals surface area contributed by atoms with E-state index in [-0.39, 0.29) is 35.9 Å². The Labute approximate surface area is 158 Å². The number of nitrogens with one attached hydrogen (secondary N) is 1. The SMILES string of the molecule is C=C(C)C[C@H](c1cccc(C(F)(F)F)c1Cl)N1CCNCC1.Cl.Cl. The number of alkyl halides is 3. The van der Waals surface area contributed by atoms with Gasteiger partial charge in [-0.2, -0.15) is 13.2 Å². The van der Waals surface area contributed by atoms with Crippen molar-refractivity contribution in [1.29, 1.82) is 0 Å². The maximum absolute atomic E-state index is 13.1. The van der Waals surface area contributed by atoms with Crippen molar-refractivity contribution in [3.05, 3.63) is 46.5 Å². The molecule has 138 valence electrons. The molecule has 2 nitrogen and oxygen atoms in total. The first kappa shape index (κ1) is 23.5. The molecule has 0 bridgehead atoms. The third-order valence-corrected chi connectivity index (χ3v) is 4.25. The molecule has 1 aromatic rings. The minimum Gasteiger partial charge on any atom is -0.314 e. The lowest BCUT2D eigenvalue weighted by Gasteiger charge is -2.36. The summed E-state index contributed by atoms with van der Waals surface area (Å²) in [5.74, 6) is 0. The molecule has 8 heteroatoms. The van der Waals surface area contributed by atoms with Crippen LogP contribution in [-0.4, -0.2) is 31.1 Å². The van der Waals surface area contributed by atoms with Crippen LogP contribution < -0.4 is 5.32 Å². The van der Waals surface area contributed by atoms with Crippen LogP contribution in [0.4, 0.5) is 13.2 Å². The molecule has 0 radical (unpaired) electrons. The molecule has 2 rings (SSSR count). The van der Waals surface area contributed by atoms with Crippen LogP contribution in [0.5, 0.6) is 0 Å². The highest BCUT2D eigenvalue weighted by Gasteiger charge is 2.35. The smallest absolute Gasteiger partial charge is 0.314 e. The van der Waals surface area contributed by atoms with E-state index in [1.165, 1.54) is 6.07 Å². The van der Waals surface area contributed by atoms with Gasteiger partial charge in [0.05, 0.1) is 10.6 Å². The van der Waals surface area contributed by atoms with Crippen molar-refractivity contribution in [1.82, 2.24) is 10.2 Å². The molecule has 0 aromatic heterocycles. The highest BCUT2D eigenvalue weighted by molar-refractivity contribution is 6.32. The van der Waals surface area contributed by atoms with Crippen LogP contribution in [0.2, 0.25) is 5.02 Å². The van der Waals surface area contributed by atoms with Gasteiger partial charge in [0.25, 0.3) is 0 Å². The van der Waals surface area contributed by atoms with Gasteiger partial charge in [0.15, 0.2) is 0 Å². The van der Waals surface area contributed by atoms with Crippen LogP contribution in [0.3, 0.4) is 0 Å². The van der Waals surface area contributed by atoms with Crippen molar-refractivity contribution < 1.29 is 13.2 Å². The summed E-state index contributed by atoms with van der Waals surface area (Å²) in [4.78, 5) is 2.17. The lowest BCUT2D eigenvalue weighted by Crippen LogP contribution is -2.45. The summed E-state index contributed by atoms with van der Waals surface area (Å²) >= 11 is 6.10. The minimum absolute atomic E-state index is 0. The number of piperazine rings is 1. The Hall–Kier alpha value is -0.460. The molecular formula is C16H22Cl3F3N2. The molecule has 0 amide bonds. The van der Waals surface area contributed by atoms with Gasteiger partial charge in [0.2, 0.25) is 0 Å². The number of benzene rings is 1. The van der Waals surface area contributed by atoms with Crippen LogP contribution in [0.1, 0.15) is 30.5 Å². The molecule has 1 atom stereocenters. The summed E-state index contributed by atoms with van der Waals surface area (Å²) in [7, 11) is 0. The van der Waals surface area contributed by atoms with Crippen molar-refractivity contribution in [2.24, 2.45) is 0 Å². The monoisotopic (exact) mass is 404 g/mol. The predicted octanol–water partition coefficient (Wildman–Crippen LogP) is 5.11. The first-order valence-corrected chi connectivity index (χ1v) is 7.63. The largest absolute Gasteiger partial charge is 0.417 e. The van der Waals surface area contributed by atoms with E-state index in [9.17, 15) is 13.2 Å². The topological polar surface area (TPSA) is 15.3 Å². The highest BCUT2D eigenvalue weighted by Crippen LogP contribution is 2.40. The van der Waals surface area contributed by atoms with Crippen LogP contribution in [0.15, 0.2) is 30.4 Å². The molecule has 1 aromatic carbocycles. The molecule has 1 saturated heterocycles. The zero-order valence-electron chi connectivity index (χ0n) is 13.3. The fourth-order valence-electron chi connectivity index (χ4n) is 2.79. The Morgan fingerprint density at radius 1 is 1.29 bits per heavy atom. The zero-order chi connectivity index (χ0) is 16.3. The van der Waals surface area contributed by atoms with Gasteiger partial charge in [-0.1, -0.05) is 29.3 Å². The predicted molar refractivity (Wildman–Crippen MR) is 97.6 cm³/mol. The third-order valence-electron chi connectivity index (χ3n) is 3.83.